The first-order valence-electron chi connectivity index (χ1n) is 6.65. The molecule has 0 saturated carbocycles. The van der Waals surface area contributed by atoms with Gasteiger partial charge in [0.15, 0.2) is 0 Å². The van der Waals surface area contributed by atoms with Crippen LogP contribution in [0, 0.1) is 16.0 Å². The highest BCUT2D eigenvalue weighted by Gasteiger charge is 2.37. The highest BCUT2D eigenvalue weighted by Crippen LogP contribution is 2.25. The normalized spacial score (nSPS) is 21.3. The van der Waals surface area contributed by atoms with Gasteiger partial charge >= 0.3 is 5.97 Å². The lowest BCUT2D eigenvalue weighted by Crippen LogP contribution is -2.38. The number of hydrogen-bond donors (Lipinski definition) is 1. The highest BCUT2D eigenvalue weighted by molar-refractivity contribution is 5.81. The number of rotatable bonds is 4. The van der Waals surface area contributed by atoms with Crippen LogP contribution >= 0.6 is 0 Å². The Morgan fingerprint density at radius 1 is 1.48 bits per heavy atom. The SMILES string of the molecule is CC1C(C(=O)O)CCN1C(=O)Cc1cccc([N+](=O)[O-])c1. The van der Waals surface area contributed by atoms with E-state index in [1.165, 1.54) is 23.1 Å². The number of likely N-dealkylation sites (tertiary alicyclic amines) is 1. The molecule has 1 heterocycles. The Kier molecular flexibility index (Phi) is 4.21. The number of hydrogen-bond acceptors (Lipinski definition) is 4. The van der Waals surface area contributed by atoms with Gasteiger partial charge in [-0.2, -0.15) is 0 Å². The molecule has 2 unspecified atom stereocenters. The third kappa shape index (κ3) is 3.18. The van der Waals surface area contributed by atoms with Crippen molar-refractivity contribution in [3.05, 3.63) is 39.9 Å². The van der Waals surface area contributed by atoms with E-state index in [0.29, 0.717) is 18.5 Å². The van der Waals surface area contributed by atoms with Crippen LogP contribution in [-0.4, -0.2) is 39.4 Å². The van der Waals surface area contributed by atoms with Crippen molar-refractivity contribution in [2.24, 2.45) is 5.92 Å². The van der Waals surface area contributed by atoms with Crippen LogP contribution in [0.1, 0.15) is 18.9 Å². The first-order valence-corrected chi connectivity index (χ1v) is 6.65. The minimum absolute atomic E-state index is 0.0400. The van der Waals surface area contributed by atoms with Gasteiger partial charge in [-0.1, -0.05) is 12.1 Å². The van der Waals surface area contributed by atoms with Gasteiger partial charge in [0.05, 0.1) is 17.3 Å². The van der Waals surface area contributed by atoms with Crippen molar-refractivity contribution in [3.8, 4) is 0 Å². The number of nitro groups is 1. The standard InChI is InChI=1S/C14H16N2O5/c1-9-12(14(18)19)5-6-15(9)13(17)8-10-3-2-4-11(7-10)16(20)21/h2-4,7,9,12H,5-6,8H2,1H3,(H,18,19). The lowest BCUT2D eigenvalue weighted by Gasteiger charge is -2.23. The Labute approximate surface area is 121 Å². The van der Waals surface area contributed by atoms with Gasteiger partial charge in [0.1, 0.15) is 0 Å². The molecule has 7 nitrogen and oxygen atoms in total. The van der Waals surface area contributed by atoms with E-state index in [0.717, 1.165) is 0 Å². The Bertz CT molecular complexity index is 586. The number of amides is 1. The van der Waals surface area contributed by atoms with Crippen molar-refractivity contribution in [2.75, 3.05) is 6.54 Å². The predicted octanol–water partition coefficient (Wildman–Crippen LogP) is 1.46. The number of nitro benzene ring substituents is 1. The molecular weight excluding hydrogens is 276 g/mol. The molecule has 1 amide bonds. The number of nitrogens with zero attached hydrogens (tertiary/aromatic N) is 2. The predicted molar refractivity (Wildman–Crippen MR) is 73.7 cm³/mol. The van der Waals surface area contributed by atoms with E-state index >= 15 is 0 Å². The third-order valence-corrected chi connectivity index (χ3v) is 3.87. The number of benzene rings is 1. The van der Waals surface area contributed by atoms with E-state index < -0.39 is 16.8 Å². The van der Waals surface area contributed by atoms with Crippen LogP contribution in [0.15, 0.2) is 24.3 Å². The van der Waals surface area contributed by atoms with Crippen molar-refractivity contribution in [2.45, 2.75) is 25.8 Å². The summed E-state index contributed by atoms with van der Waals surface area (Å²) in [7, 11) is 0. The molecule has 0 spiro atoms. The van der Waals surface area contributed by atoms with E-state index in [9.17, 15) is 19.7 Å². The lowest BCUT2D eigenvalue weighted by atomic mass is 10.0. The second-order valence-corrected chi connectivity index (χ2v) is 5.16. The summed E-state index contributed by atoms with van der Waals surface area (Å²) in [6.07, 6.45) is 0.482. The summed E-state index contributed by atoms with van der Waals surface area (Å²) >= 11 is 0. The summed E-state index contributed by atoms with van der Waals surface area (Å²) in [5.41, 5.74) is 0.498. The summed E-state index contributed by atoms with van der Waals surface area (Å²) in [6.45, 7) is 2.13. The topological polar surface area (TPSA) is 101 Å². The average Bonchev–Trinajstić information content (AvgIpc) is 2.81. The highest BCUT2D eigenvalue weighted by atomic mass is 16.6. The summed E-state index contributed by atoms with van der Waals surface area (Å²) in [5.74, 6) is -1.64. The number of carbonyl (C=O) groups excluding carboxylic acids is 1. The van der Waals surface area contributed by atoms with Crippen LogP contribution in [0.25, 0.3) is 0 Å². The molecule has 0 aliphatic carbocycles. The molecule has 1 aliphatic heterocycles. The smallest absolute Gasteiger partial charge is 0.308 e. The van der Waals surface area contributed by atoms with E-state index in [-0.39, 0.29) is 24.1 Å². The average molecular weight is 292 g/mol. The molecule has 0 radical (unpaired) electrons. The van der Waals surface area contributed by atoms with Crippen molar-refractivity contribution >= 4 is 17.6 Å². The van der Waals surface area contributed by atoms with Crippen LogP contribution in [0.3, 0.4) is 0 Å². The zero-order chi connectivity index (χ0) is 15.6. The van der Waals surface area contributed by atoms with Gasteiger partial charge < -0.3 is 10.0 Å². The van der Waals surface area contributed by atoms with E-state index in [1.54, 1.807) is 13.0 Å². The summed E-state index contributed by atoms with van der Waals surface area (Å²) in [6, 6.07) is 5.57. The zero-order valence-corrected chi connectivity index (χ0v) is 11.6. The van der Waals surface area contributed by atoms with Gasteiger partial charge in [0.25, 0.3) is 5.69 Å². The zero-order valence-electron chi connectivity index (χ0n) is 11.6. The minimum atomic E-state index is -0.895. The lowest BCUT2D eigenvalue weighted by molar-refractivity contribution is -0.384. The van der Waals surface area contributed by atoms with Gasteiger partial charge in [0, 0.05) is 24.7 Å². The van der Waals surface area contributed by atoms with Crippen LogP contribution in [0.4, 0.5) is 5.69 Å². The van der Waals surface area contributed by atoms with Gasteiger partial charge in [0.2, 0.25) is 5.91 Å². The molecule has 1 fully saturated rings. The summed E-state index contributed by atoms with van der Waals surface area (Å²) < 4.78 is 0. The van der Waals surface area contributed by atoms with Crippen LogP contribution < -0.4 is 0 Å². The number of aliphatic carboxylic acids is 1. The molecule has 1 aromatic carbocycles. The fourth-order valence-corrected chi connectivity index (χ4v) is 2.68. The van der Waals surface area contributed by atoms with Gasteiger partial charge in [-0.3, -0.25) is 19.7 Å². The summed E-state index contributed by atoms with van der Waals surface area (Å²) in [5, 5.41) is 19.8. The Balaban J connectivity index is 2.07. The second-order valence-electron chi connectivity index (χ2n) is 5.16. The van der Waals surface area contributed by atoms with Gasteiger partial charge in [-0.15, -0.1) is 0 Å². The first-order chi connectivity index (χ1) is 9.90. The molecule has 1 N–H and O–H groups in total. The van der Waals surface area contributed by atoms with Crippen LogP contribution in [0.5, 0.6) is 0 Å². The minimum Gasteiger partial charge on any atom is -0.481 e. The Morgan fingerprint density at radius 3 is 2.76 bits per heavy atom. The quantitative estimate of drug-likeness (QED) is 0.668. The van der Waals surface area contributed by atoms with Crippen molar-refractivity contribution in [3.63, 3.8) is 0 Å². The van der Waals surface area contributed by atoms with E-state index in [1.807, 2.05) is 0 Å². The first kappa shape index (κ1) is 15.0. The molecular formula is C14H16N2O5. The molecule has 0 bridgehead atoms. The molecule has 1 aliphatic rings. The molecule has 0 aromatic heterocycles. The van der Waals surface area contributed by atoms with E-state index in [2.05, 4.69) is 0 Å². The third-order valence-electron chi connectivity index (χ3n) is 3.87. The van der Waals surface area contributed by atoms with E-state index in [4.69, 9.17) is 5.11 Å². The molecule has 21 heavy (non-hydrogen) atoms. The maximum absolute atomic E-state index is 12.2. The largest absolute Gasteiger partial charge is 0.481 e. The number of carbonyl (C=O) groups is 2. The molecule has 2 rings (SSSR count). The van der Waals surface area contributed by atoms with Crippen LogP contribution in [0.2, 0.25) is 0 Å². The van der Waals surface area contributed by atoms with Crippen molar-refractivity contribution < 1.29 is 19.6 Å². The van der Waals surface area contributed by atoms with Gasteiger partial charge in [-0.25, -0.2) is 0 Å². The molecule has 1 aromatic rings. The second kappa shape index (κ2) is 5.90. The molecule has 112 valence electrons. The number of carboxylic acid groups (broad SMARTS) is 1. The molecule has 2 atom stereocenters. The number of non-ortho nitro benzene ring substituents is 1. The monoisotopic (exact) mass is 292 g/mol. The maximum atomic E-state index is 12.2. The molecule has 7 heteroatoms. The Morgan fingerprint density at radius 2 is 2.19 bits per heavy atom. The fraction of sp³-hybridized carbons (Fsp3) is 0.429. The summed E-state index contributed by atoms with van der Waals surface area (Å²) in [4.78, 5) is 35.0. The molecule has 1 saturated heterocycles. The van der Waals surface area contributed by atoms with Crippen LogP contribution in [-0.2, 0) is 16.0 Å². The fourth-order valence-electron chi connectivity index (χ4n) is 2.68. The Hall–Kier alpha value is -2.44. The number of carboxylic acids is 1. The van der Waals surface area contributed by atoms with Crippen molar-refractivity contribution in [1.82, 2.24) is 4.90 Å². The van der Waals surface area contributed by atoms with Crippen molar-refractivity contribution in [1.29, 1.82) is 0 Å². The van der Waals surface area contributed by atoms with Gasteiger partial charge in [-0.05, 0) is 18.9 Å². The maximum Gasteiger partial charge on any atom is 0.308 e.